The Morgan fingerprint density at radius 3 is 2.48 bits per heavy atom. The van der Waals surface area contributed by atoms with Gasteiger partial charge in [-0.2, -0.15) is 13.2 Å². The summed E-state index contributed by atoms with van der Waals surface area (Å²) in [5.41, 5.74) is 0.933. The molecule has 0 unspecified atom stereocenters. The van der Waals surface area contributed by atoms with Gasteiger partial charge in [0.05, 0.1) is 0 Å². The second-order valence-electron chi connectivity index (χ2n) is 9.45. The van der Waals surface area contributed by atoms with E-state index in [1.54, 1.807) is 0 Å². The van der Waals surface area contributed by atoms with Crippen molar-refractivity contribution < 1.29 is 27.5 Å². The number of fused-ring (bicyclic) bond motifs is 5. The van der Waals surface area contributed by atoms with E-state index in [1.807, 2.05) is 0 Å². The third-order valence-electron chi connectivity index (χ3n) is 8.27. The lowest BCUT2D eigenvalue weighted by Gasteiger charge is -2.56. The van der Waals surface area contributed by atoms with Crippen LogP contribution in [0, 0.1) is 28.6 Å². The van der Waals surface area contributed by atoms with Gasteiger partial charge in [0.1, 0.15) is 11.9 Å². The Labute approximate surface area is 157 Å². The Kier molecular flexibility index (Phi) is 4.28. The van der Waals surface area contributed by atoms with Crippen molar-refractivity contribution in [2.75, 3.05) is 0 Å². The standard InChI is InChI=1S/C21H27F3O3/c1-19-9-7-13(27-18(26)21(22,23)24)11-12(19)3-4-14-15-5-6-17(25)20(15,2)10-8-16(14)19/h3,13-16H,4-11H2,1-2H3/t13-,14-,15-,16-,19-,20-/m0/s1. The van der Waals surface area contributed by atoms with E-state index in [2.05, 4.69) is 19.9 Å². The fraction of sp³-hybridized carbons (Fsp3) is 0.810. The maximum Gasteiger partial charge on any atom is 0.490 e. The number of halogens is 3. The minimum absolute atomic E-state index is 0.0446. The summed E-state index contributed by atoms with van der Waals surface area (Å²) in [6.45, 7) is 4.37. The SMILES string of the molecule is C[C@]12CC[C@H](OC(=O)C(F)(F)F)CC1=CC[C@@H]1[C@@H]2CC[C@]2(C)C(=O)CC[C@@H]12. The number of ketones is 1. The largest absolute Gasteiger partial charge is 0.490 e. The van der Waals surface area contributed by atoms with Crippen LogP contribution >= 0.6 is 0 Å². The minimum Gasteiger partial charge on any atom is -0.455 e. The number of carbonyl (C=O) groups excluding carboxylic acids is 2. The summed E-state index contributed by atoms with van der Waals surface area (Å²) in [5, 5.41) is 0. The molecule has 4 rings (SSSR count). The number of esters is 1. The highest BCUT2D eigenvalue weighted by molar-refractivity contribution is 5.87. The van der Waals surface area contributed by atoms with Crippen molar-refractivity contribution in [3.8, 4) is 0 Å². The van der Waals surface area contributed by atoms with Crippen molar-refractivity contribution in [1.82, 2.24) is 0 Å². The molecule has 0 aromatic heterocycles. The van der Waals surface area contributed by atoms with Gasteiger partial charge in [-0.3, -0.25) is 4.79 Å². The van der Waals surface area contributed by atoms with Gasteiger partial charge in [-0.25, -0.2) is 4.79 Å². The van der Waals surface area contributed by atoms with Gasteiger partial charge in [0.25, 0.3) is 0 Å². The molecule has 0 aliphatic heterocycles. The summed E-state index contributed by atoms with van der Waals surface area (Å²) in [4.78, 5) is 23.6. The number of Topliss-reactive ketones (excluding diaryl/α,β-unsaturated/α-hetero) is 1. The number of carbonyl (C=O) groups is 2. The van der Waals surface area contributed by atoms with E-state index < -0.39 is 18.2 Å². The molecule has 3 fully saturated rings. The Morgan fingerprint density at radius 2 is 1.78 bits per heavy atom. The molecular weight excluding hydrogens is 357 g/mol. The van der Waals surface area contributed by atoms with Gasteiger partial charge < -0.3 is 4.74 Å². The number of allylic oxidation sites excluding steroid dienone is 1. The summed E-state index contributed by atoms with van der Waals surface area (Å²) < 4.78 is 42.3. The summed E-state index contributed by atoms with van der Waals surface area (Å²) in [7, 11) is 0. The average Bonchev–Trinajstić information content (AvgIpc) is 2.89. The molecule has 0 radical (unpaired) electrons. The zero-order chi connectivity index (χ0) is 19.6. The lowest BCUT2D eigenvalue weighted by Crippen LogP contribution is -2.50. The quantitative estimate of drug-likeness (QED) is 0.472. The van der Waals surface area contributed by atoms with E-state index in [0.717, 1.165) is 37.7 Å². The van der Waals surface area contributed by atoms with E-state index >= 15 is 0 Å². The van der Waals surface area contributed by atoms with Crippen LogP contribution in [0.3, 0.4) is 0 Å². The fourth-order valence-corrected chi connectivity index (χ4v) is 6.72. The third-order valence-corrected chi connectivity index (χ3v) is 8.27. The lowest BCUT2D eigenvalue weighted by atomic mass is 9.48. The molecule has 150 valence electrons. The molecule has 4 aliphatic carbocycles. The Hall–Kier alpha value is -1.33. The van der Waals surface area contributed by atoms with Crippen LogP contribution in [0.4, 0.5) is 13.2 Å². The van der Waals surface area contributed by atoms with Crippen LogP contribution in [0.1, 0.15) is 65.2 Å². The van der Waals surface area contributed by atoms with Crippen molar-refractivity contribution in [1.29, 1.82) is 0 Å². The zero-order valence-corrected chi connectivity index (χ0v) is 15.9. The first-order chi connectivity index (χ1) is 12.6. The Balaban J connectivity index is 1.53. The molecule has 0 bridgehead atoms. The van der Waals surface area contributed by atoms with Crippen molar-refractivity contribution in [3.05, 3.63) is 11.6 Å². The first-order valence-corrected chi connectivity index (χ1v) is 10.1. The lowest BCUT2D eigenvalue weighted by molar-refractivity contribution is -0.206. The molecule has 0 amide bonds. The van der Waals surface area contributed by atoms with Crippen molar-refractivity contribution in [2.45, 2.75) is 77.5 Å². The Bertz CT molecular complexity index is 697. The molecule has 0 saturated heterocycles. The molecule has 4 aliphatic rings. The van der Waals surface area contributed by atoms with Gasteiger partial charge in [-0.15, -0.1) is 0 Å². The van der Waals surface area contributed by atoms with Gasteiger partial charge in [-0.1, -0.05) is 25.5 Å². The first kappa shape index (κ1) is 19.0. The molecule has 6 heteroatoms. The molecule has 0 spiro atoms. The summed E-state index contributed by atoms with van der Waals surface area (Å²) in [6, 6.07) is 0. The van der Waals surface area contributed by atoms with Crippen molar-refractivity contribution >= 4 is 11.8 Å². The molecule has 0 aromatic carbocycles. The number of rotatable bonds is 1. The first-order valence-electron chi connectivity index (χ1n) is 10.1. The minimum atomic E-state index is -4.93. The van der Waals surface area contributed by atoms with Crippen LogP contribution in [-0.2, 0) is 14.3 Å². The van der Waals surface area contributed by atoms with E-state index in [0.29, 0.717) is 42.8 Å². The summed E-state index contributed by atoms with van der Waals surface area (Å²) >= 11 is 0. The van der Waals surface area contributed by atoms with Crippen LogP contribution < -0.4 is 0 Å². The molecule has 0 N–H and O–H groups in total. The van der Waals surface area contributed by atoms with Crippen LogP contribution in [0.25, 0.3) is 0 Å². The van der Waals surface area contributed by atoms with Crippen molar-refractivity contribution in [3.63, 3.8) is 0 Å². The van der Waals surface area contributed by atoms with Gasteiger partial charge in [0, 0.05) is 18.3 Å². The van der Waals surface area contributed by atoms with E-state index in [-0.39, 0.29) is 10.8 Å². The number of ether oxygens (including phenoxy) is 1. The molecule has 3 nitrogen and oxygen atoms in total. The summed E-state index contributed by atoms with van der Waals surface area (Å²) in [5.74, 6) is -0.282. The average molecular weight is 384 g/mol. The van der Waals surface area contributed by atoms with Crippen LogP contribution in [-0.4, -0.2) is 24.0 Å². The van der Waals surface area contributed by atoms with Gasteiger partial charge in [0.2, 0.25) is 0 Å². The van der Waals surface area contributed by atoms with Gasteiger partial charge in [-0.05, 0) is 61.7 Å². The van der Waals surface area contributed by atoms with Gasteiger partial charge in [0.15, 0.2) is 0 Å². The summed E-state index contributed by atoms with van der Waals surface area (Å²) in [6.07, 6.45) is 2.67. The van der Waals surface area contributed by atoms with Crippen LogP contribution in [0.2, 0.25) is 0 Å². The van der Waals surface area contributed by atoms with E-state index in [9.17, 15) is 22.8 Å². The normalized spacial score (nSPS) is 44.0. The smallest absolute Gasteiger partial charge is 0.455 e. The molecule has 27 heavy (non-hydrogen) atoms. The maximum absolute atomic E-state index is 12.5. The highest BCUT2D eigenvalue weighted by Crippen LogP contribution is 2.64. The highest BCUT2D eigenvalue weighted by Gasteiger charge is 2.58. The monoisotopic (exact) mass is 384 g/mol. The van der Waals surface area contributed by atoms with Crippen LogP contribution in [0.5, 0.6) is 0 Å². The van der Waals surface area contributed by atoms with E-state index in [1.165, 1.54) is 0 Å². The highest BCUT2D eigenvalue weighted by atomic mass is 19.4. The second kappa shape index (κ2) is 6.08. The molecular formula is C21H27F3O3. The molecule has 3 saturated carbocycles. The number of alkyl halides is 3. The van der Waals surface area contributed by atoms with Crippen molar-refractivity contribution in [2.24, 2.45) is 28.6 Å². The predicted molar refractivity (Wildman–Crippen MR) is 92.6 cm³/mol. The van der Waals surface area contributed by atoms with Crippen LogP contribution in [0.15, 0.2) is 11.6 Å². The number of hydrogen-bond acceptors (Lipinski definition) is 3. The third kappa shape index (κ3) is 2.85. The molecule has 0 aromatic rings. The fourth-order valence-electron chi connectivity index (χ4n) is 6.72. The topological polar surface area (TPSA) is 43.4 Å². The molecule has 0 heterocycles. The predicted octanol–water partition coefficient (Wildman–Crippen LogP) is 4.99. The van der Waals surface area contributed by atoms with E-state index in [4.69, 9.17) is 4.74 Å². The number of hydrogen-bond donors (Lipinski definition) is 0. The zero-order valence-electron chi connectivity index (χ0n) is 15.9. The maximum atomic E-state index is 12.5. The second-order valence-corrected chi connectivity index (χ2v) is 9.45. The van der Waals surface area contributed by atoms with Gasteiger partial charge >= 0.3 is 12.1 Å². The molecule has 6 atom stereocenters. The Morgan fingerprint density at radius 1 is 1.11 bits per heavy atom.